The number of fused-ring (bicyclic) bond motifs is 1. The zero-order valence-corrected chi connectivity index (χ0v) is 12.1. The highest BCUT2D eigenvalue weighted by Crippen LogP contribution is 2.36. The second kappa shape index (κ2) is 4.56. The molecule has 0 radical (unpaired) electrons. The molecule has 0 aliphatic carbocycles. The molecule has 3 rings (SSSR count). The number of hydrogen-bond donors (Lipinski definition) is 0. The second-order valence-electron chi connectivity index (χ2n) is 4.60. The summed E-state index contributed by atoms with van der Waals surface area (Å²) >= 11 is 5.38. The summed E-state index contributed by atoms with van der Waals surface area (Å²) in [6.07, 6.45) is 0. The molecule has 0 saturated heterocycles. The number of benzene rings is 1. The van der Waals surface area contributed by atoms with E-state index in [1.807, 2.05) is 11.3 Å². The Hall–Kier alpha value is -0.640. The Morgan fingerprint density at radius 1 is 1.24 bits per heavy atom. The summed E-state index contributed by atoms with van der Waals surface area (Å²) in [5.41, 5.74) is 2.94. The van der Waals surface area contributed by atoms with E-state index in [0.29, 0.717) is 5.92 Å². The summed E-state index contributed by atoms with van der Waals surface area (Å²) in [4.78, 5) is 3.93. The van der Waals surface area contributed by atoms with Crippen LogP contribution >= 0.6 is 27.3 Å². The Balaban J connectivity index is 2.01. The monoisotopic (exact) mass is 307 g/mol. The largest absolute Gasteiger partial charge is 0.300 e. The van der Waals surface area contributed by atoms with E-state index in [-0.39, 0.29) is 0 Å². The van der Waals surface area contributed by atoms with Gasteiger partial charge >= 0.3 is 0 Å². The third-order valence-corrected chi connectivity index (χ3v) is 4.79. The summed E-state index contributed by atoms with van der Waals surface area (Å²) in [5, 5.41) is 2.22. The van der Waals surface area contributed by atoms with Gasteiger partial charge in [0.05, 0.1) is 0 Å². The van der Waals surface area contributed by atoms with Crippen LogP contribution in [0.3, 0.4) is 0 Å². The number of likely N-dealkylation sites (N-methyl/N-ethyl adjacent to an activating group) is 1. The molecule has 1 aromatic heterocycles. The van der Waals surface area contributed by atoms with Gasteiger partial charge in [0.25, 0.3) is 0 Å². The van der Waals surface area contributed by atoms with E-state index in [2.05, 4.69) is 63.6 Å². The third-order valence-electron chi connectivity index (χ3n) is 3.34. The third kappa shape index (κ3) is 2.19. The lowest BCUT2D eigenvalue weighted by Crippen LogP contribution is -2.29. The minimum Gasteiger partial charge on any atom is -0.300 e. The molecular formula is C14H14BrNS. The van der Waals surface area contributed by atoms with E-state index in [9.17, 15) is 0 Å². The van der Waals surface area contributed by atoms with Crippen molar-refractivity contribution in [2.45, 2.75) is 12.5 Å². The van der Waals surface area contributed by atoms with Gasteiger partial charge in [-0.05, 0) is 41.8 Å². The molecule has 17 heavy (non-hydrogen) atoms. The molecule has 2 heterocycles. The number of hydrogen-bond acceptors (Lipinski definition) is 2. The maximum Gasteiger partial charge on any atom is 0.0328 e. The van der Waals surface area contributed by atoms with Crippen LogP contribution in [0.4, 0.5) is 0 Å². The van der Waals surface area contributed by atoms with Crippen molar-refractivity contribution in [2.24, 2.45) is 0 Å². The summed E-state index contributed by atoms with van der Waals surface area (Å²) in [6.45, 7) is 2.21. The molecule has 1 nitrogen and oxygen atoms in total. The van der Waals surface area contributed by atoms with Crippen molar-refractivity contribution in [3.05, 3.63) is 56.2 Å². The number of thiophene rings is 1. The average Bonchev–Trinajstić information content (AvgIpc) is 2.77. The fraction of sp³-hybridized carbons (Fsp3) is 0.286. The van der Waals surface area contributed by atoms with Gasteiger partial charge in [0, 0.05) is 28.4 Å². The fourth-order valence-corrected chi connectivity index (χ4v) is 3.77. The van der Waals surface area contributed by atoms with Crippen LogP contribution in [0, 0.1) is 0 Å². The minimum atomic E-state index is 0.531. The molecule has 1 atom stereocenters. The normalized spacial score (nSPS) is 20.2. The summed E-state index contributed by atoms with van der Waals surface area (Å²) in [7, 11) is 2.20. The molecular weight excluding hydrogens is 294 g/mol. The molecule has 3 heteroatoms. The minimum absolute atomic E-state index is 0.531. The summed E-state index contributed by atoms with van der Waals surface area (Å²) in [6, 6.07) is 11.0. The molecule has 1 aliphatic heterocycles. The highest BCUT2D eigenvalue weighted by Gasteiger charge is 2.25. The highest BCUT2D eigenvalue weighted by molar-refractivity contribution is 9.10. The van der Waals surface area contributed by atoms with Crippen molar-refractivity contribution in [2.75, 3.05) is 13.6 Å². The first-order valence-corrected chi connectivity index (χ1v) is 7.41. The molecule has 88 valence electrons. The maximum absolute atomic E-state index is 3.50. The van der Waals surface area contributed by atoms with Gasteiger partial charge < -0.3 is 4.90 Å². The van der Waals surface area contributed by atoms with Crippen LogP contribution in [0.25, 0.3) is 0 Å². The van der Waals surface area contributed by atoms with Crippen LogP contribution in [0.2, 0.25) is 0 Å². The Morgan fingerprint density at radius 2 is 2.00 bits per heavy atom. The molecule has 0 fully saturated rings. The summed E-state index contributed by atoms with van der Waals surface area (Å²) < 4.78 is 1.15. The molecule has 0 amide bonds. The van der Waals surface area contributed by atoms with Gasteiger partial charge in [-0.25, -0.2) is 0 Å². The zero-order valence-electron chi connectivity index (χ0n) is 9.69. The van der Waals surface area contributed by atoms with Crippen molar-refractivity contribution in [1.82, 2.24) is 4.90 Å². The quantitative estimate of drug-likeness (QED) is 0.767. The van der Waals surface area contributed by atoms with Crippen LogP contribution < -0.4 is 0 Å². The van der Waals surface area contributed by atoms with Crippen LogP contribution in [0.15, 0.2) is 40.2 Å². The van der Waals surface area contributed by atoms with Gasteiger partial charge in [0.2, 0.25) is 0 Å². The van der Waals surface area contributed by atoms with Crippen molar-refractivity contribution >= 4 is 27.3 Å². The first kappa shape index (κ1) is 11.5. The number of halogens is 1. The molecule has 0 saturated carbocycles. The Kier molecular flexibility index (Phi) is 3.07. The van der Waals surface area contributed by atoms with Crippen molar-refractivity contribution in [1.29, 1.82) is 0 Å². The van der Waals surface area contributed by atoms with Gasteiger partial charge in [-0.15, -0.1) is 11.3 Å². The van der Waals surface area contributed by atoms with Gasteiger partial charge in [0.1, 0.15) is 0 Å². The predicted molar refractivity (Wildman–Crippen MR) is 76.6 cm³/mol. The second-order valence-corrected chi connectivity index (χ2v) is 6.52. The van der Waals surface area contributed by atoms with Gasteiger partial charge in [0.15, 0.2) is 0 Å². The first-order chi connectivity index (χ1) is 8.24. The fourth-order valence-electron chi connectivity index (χ4n) is 2.49. The Bertz CT molecular complexity index is 517. The van der Waals surface area contributed by atoms with Crippen molar-refractivity contribution < 1.29 is 0 Å². The SMILES string of the molecule is CN1Cc2sccc2[C@@H](c2ccc(Br)cc2)C1. The molecule has 0 spiro atoms. The molecule has 0 bridgehead atoms. The Morgan fingerprint density at radius 3 is 2.76 bits per heavy atom. The van der Waals surface area contributed by atoms with E-state index in [4.69, 9.17) is 0 Å². The molecule has 0 unspecified atom stereocenters. The zero-order chi connectivity index (χ0) is 11.8. The topological polar surface area (TPSA) is 3.24 Å². The predicted octanol–water partition coefficient (Wildman–Crippen LogP) is 4.09. The number of nitrogens with zero attached hydrogens (tertiary/aromatic N) is 1. The van der Waals surface area contributed by atoms with Crippen molar-refractivity contribution in [3.8, 4) is 0 Å². The van der Waals surface area contributed by atoms with Crippen molar-refractivity contribution in [3.63, 3.8) is 0 Å². The standard InChI is InChI=1S/C14H14BrNS/c1-16-8-13(10-2-4-11(15)5-3-10)12-6-7-17-14(12)9-16/h2-7,13H,8-9H2,1H3/t13-/m1/s1. The van der Waals surface area contributed by atoms with Crippen LogP contribution in [0.1, 0.15) is 21.9 Å². The smallest absolute Gasteiger partial charge is 0.0328 e. The van der Waals surface area contributed by atoms with E-state index in [0.717, 1.165) is 17.6 Å². The van der Waals surface area contributed by atoms with E-state index >= 15 is 0 Å². The molecule has 2 aromatic rings. The van der Waals surface area contributed by atoms with E-state index in [1.165, 1.54) is 16.0 Å². The molecule has 1 aromatic carbocycles. The average molecular weight is 308 g/mol. The first-order valence-electron chi connectivity index (χ1n) is 5.74. The lowest BCUT2D eigenvalue weighted by atomic mass is 9.89. The maximum atomic E-state index is 3.50. The number of rotatable bonds is 1. The van der Waals surface area contributed by atoms with E-state index < -0.39 is 0 Å². The lowest BCUT2D eigenvalue weighted by molar-refractivity contribution is 0.299. The Labute approximate surface area is 114 Å². The van der Waals surface area contributed by atoms with Crippen LogP contribution in [-0.2, 0) is 6.54 Å². The van der Waals surface area contributed by atoms with Gasteiger partial charge in [-0.1, -0.05) is 28.1 Å². The molecule has 0 N–H and O–H groups in total. The van der Waals surface area contributed by atoms with Crippen LogP contribution in [-0.4, -0.2) is 18.5 Å². The molecule has 1 aliphatic rings. The van der Waals surface area contributed by atoms with E-state index in [1.54, 1.807) is 0 Å². The van der Waals surface area contributed by atoms with Gasteiger partial charge in [-0.3, -0.25) is 0 Å². The highest BCUT2D eigenvalue weighted by atomic mass is 79.9. The summed E-state index contributed by atoms with van der Waals surface area (Å²) in [5.74, 6) is 0.531. The lowest BCUT2D eigenvalue weighted by Gasteiger charge is -2.30. The van der Waals surface area contributed by atoms with Crippen LogP contribution in [0.5, 0.6) is 0 Å². The van der Waals surface area contributed by atoms with Gasteiger partial charge in [-0.2, -0.15) is 0 Å².